The number of carbonyl (C=O) groups excluding carboxylic acids is 6. The minimum Gasteiger partial charge on any atom is -0.394 e. The largest absolute Gasteiger partial charge is 0.394 e. The van der Waals surface area contributed by atoms with Crippen molar-refractivity contribution in [2.45, 2.75) is 120 Å². The van der Waals surface area contributed by atoms with Gasteiger partial charge in [-0.25, -0.2) is 4.79 Å². The van der Waals surface area contributed by atoms with E-state index in [1.54, 1.807) is 6.92 Å². The van der Waals surface area contributed by atoms with E-state index >= 15 is 0 Å². The standard InChI is InChI=1S/C30H48N4O17/c1-15-12-17(36)24(42)29(49-15)47-10-8-31-20(38)13-16(28(46)32-9-11-48-30-27(45)26(44)25(43)18(14-35)50-30)33-19(37)4-2-3-5-23(41)51-34-21(39)6-7-22(34)40/h15-18,24-27,29-30,35-36,42-45H,2-14H2,1H3,(H,31,38)(H,32,46)(H,33,37)/t15-,16?,17+,18+,24-,25+,26-,27-,29+,30-/m0/s1. The van der Waals surface area contributed by atoms with E-state index in [1.807, 2.05) is 0 Å². The molecule has 0 spiro atoms. The molecular formula is C30H48N4O17. The SMILES string of the molecule is C[C@H]1C[C@@H](O)[C@H](O)[C@H](OCCNC(=O)CC(NC(=O)CCCCC(=O)ON2C(=O)CCC2=O)C(=O)NCCO[C@H]2O[C@H](CO)[C@@H](O)[C@H](O)[C@@H]2O)O1. The van der Waals surface area contributed by atoms with E-state index in [2.05, 4.69) is 16.0 Å². The van der Waals surface area contributed by atoms with E-state index in [9.17, 15) is 59.4 Å². The average Bonchev–Trinajstić information content (AvgIpc) is 3.40. The molecule has 0 radical (unpaired) electrons. The Kier molecular flexibility index (Phi) is 17.0. The lowest BCUT2D eigenvalue weighted by Gasteiger charge is -2.39. The zero-order valence-electron chi connectivity index (χ0n) is 28.1. The van der Waals surface area contributed by atoms with Gasteiger partial charge in [0.05, 0.1) is 38.4 Å². The van der Waals surface area contributed by atoms with Crippen LogP contribution in [0.15, 0.2) is 0 Å². The van der Waals surface area contributed by atoms with Crippen LogP contribution in [0.4, 0.5) is 0 Å². The summed E-state index contributed by atoms with van der Waals surface area (Å²) in [5.41, 5.74) is 0. The van der Waals surface area contributed by atoms with Crippen LogP contribution in [0.3, 0.4) is 0 Å². The van der Waals surface area contributed by atoms with Crippen molar-refractivity contribution in [1.29, 1.82) is 0 Å². The van der Waals surface area contributed by atoms with Gasteiger partial charge in [-0.05, 0) is 19.8 Å². The van der Waals surface area contributed by atoms with Crippen LogP contribution >= 0.6 is 0 Å². The van der Waals surface area contributed by atoms with E-state index in [4.69, 9.17) is 23.8 Å². The molecule has 5 amide bonds. The molecule has 3 fully saturated rings. The van der Waals surface area contributed by atoms with Gasteiger partial charge in [0.1, 0.15) is 36.6 Å². The molecule has 0 aromatic heterocycles. The number of hydrogen-bond acceptors (Lipinski definition) is 17. The van der Waals surface area contributed by atoms with Gasteiger partial charge in [-0.15, -0.1) is 5.06 Å². The molecule has 1 unspecified atom stereocenters. The fourth-order valence-corrected chi connectivity index (χ4v) is 5.30. The summed E-state index contributed by atoms with van der Waals surface area (Å²) in [6.07, 6.45) is -11.8. The maximum absolute atomic E-state index is 13.0. The molecule has 10 atom stereocenters. The van der Waals surface area contributed by atoms with Crippen molar-refractivity contribution in [3.63, 3.8) is 0 Å². The average molecular weight is 737 g/mol. The van der Waals surface area contributed by atoms with Gasteiger partial charge in [0.25, 0.3) is 11.8 Å². The highest BCUT2D eigenvalue weighted by molar-refractivity contribution is 6.01. The molecule has 3 saturated heterocycles. The second-order valence-electron chi connectivity index (χ2n) is 12.3. The highest BCUT2D eigenvalue weighted by Crippen LogP contribution is 2.22. The van der Waals surface area contributed by atoms with Gasteiger partial charge in [-0.2, -0.15) is 0 Å². The molecule has 3 rings (SSSR count). The van der Waals surface area contributed by atoms with Crippen LogP contribution in [0.25, 0.3) is 0 Å². The molecule has 0 saturated carbocycles. The minimum atomic E-state index is -1.67. The Morgan fingerprint density at radius 2 is 1.43 bits per heavy atom. The molecule has 0 aromatic rings. The van der Waals surface area contributed by atoms with Crippen molar-refractivity contribution in [1.82, 2.24) is 21.0 Å². The van der Waals surface area contributed by atoms with Crippen molar-refractivity contribution in [3.8, 4) is 0 Å². The summed E-state index contributed by atoms with van der Waals surface area (Å²) in [6.45, 7) is 0.341. The lowest BCUT2D eigenvalue weighted by atomic mass is 9.99. The van der Waals surface area contributed by atoms with E-state index in [0.717, 1.165) is 0 Å². The highest BCUT2D eigenvalue weighted by Gasteiger charge is 2.44. The number of nitrogens with one attached hydrogen (secondary N) is 3. The minimum absolute atomic E-state index is 0.0536. The van der Waals surface area contributed by atoms with E-state index < -0.39 is 104 Å². The van der Waals surface area contributed by atoms with E-state index in [-0.39, 0.29) is 77.4 Å². The topological polar surface area (TPSA) is 309 Å². The molecule has 0 aliphatic carbocycles. The lowest BCUT2D eigenvalue weighted by Crippen LogP contribution is -2.59. The predicted octanol–water partition coefficient (Wildman–Crippen LogP) is -5.05. The Morgan fingerprint density at radius 1 is 0.824 bits per heavy atom. The van der Waals surface area contributed by atoms with Crippen molar-refractivity contribution >= 4 is 35.5 Å². The smallest absolute Gasteiger partial charge is 0.333 e. The molecular weight excluding hydrogens is 688 g/mol. The van der Waals surface area contributed by atoms with Gasteiger partial charge in [0.15, 0.2) is 12.6 Å². The number of aliphatic hydroxyl groups is 6. The number of amides is 5. The number of carbonyl (C=O) groups is 6. The van der Waals surface area contributed by atoms with Crippen LogP contribution < -0.4 is 16.0 Å². The van der Waals surface area contributed by atoms with Gasteiger partial charge in [0.2, 0.25) is 17.7 Å². The molecule has 51 heavy (non-hydrogen) atoms. The van der Waals surface area contributed by atoms with Crippen molar-refractivity contribution in [2.24, 2.45) is 0 Å². The Labute approximate surface area is 292 Å². The first-order chi connectivity index (χ1) is 24.2. The summed E-state index contributed by atoms with van der Waals surface area (Å²) in [5, 5.41) is 67.0. The summed E-state index contributed by atoms with van der Waals surface area (Å²) in [4.78, 5) is 78.4. The molecule has 21 heteroatoms. The number of nitrogens with zero attached hydrogens (tertiary/aromatic N) is 1. The third-order valence-corrected chi connectivity index (χ3v) is 8.13. The first-order valence-electron chi connectivity index (χ1n) is 16.7. The third-order valence-electron chi connectivity index (χ3n) is 8.13. The number of ether oxygens (including phenoxy) is 4. The van der Waals surface area contributed by atoms with Gasteiger partial charge >= 0.3 is 5.97 Å². The monoisotopic (exact) mass is 736 g/mol. The van der Waals surface area contributed by atoms with Crippen LogP contribution in [-0.4, -0.2) is 165 Å². The Balaban J connectivity index is 1.47. The highest BCUT2D eigenvalue weighted by atomic mass is 16.7. The second kappa shape index (κ2) is 20.6. The van der Waals surface area contributed by atoms with E-state index in [1.165, 1.54) is 0 Å². The first kappa shape index (κ1) is 42.0. The molecule has 290 valence electrons. The van der Waals surface area contributed by atoms with Crippen molar-refractivity contribution in [3.05, 3.63) is 0 Å². The zero-order chi connectivity index (χ0) is 37.7. The predicted molar refractivity (Wildman–Crippen MR) is 165 cm³/mol. The van der Waals surface area contributed by atoms with Crippen LogP contribution in [0.2, 0.25) is 0 Å². The Hall–Kier alpha value is -3.38. The van der Waals surface area contributed by atoms with Gasteiger partial charge in [0, 0.05) is 45.2 Å². The molecule has 9 N–H and O–H groups in total. The van der Waals surface area contributed by atoms with Gasteiger partial charge in [-0.1, -0.05) is 0 Å². The summed E-state index contributed by atoms with van der Waals surface area (Å²) >= 11 is 0. The lowest BCUT2D eigenvalue weighted by molar-refractivity contribution is -0.300. The number of unbranched alkanes of at least 4 members (excludes halogenated alkanes) is 1. The fraction of sp³-hybridized carbons (Fsp3) is 0.800. The third kappa shape index (κ3) is 13.0. The number of rotatable bonds is 19. The fourth-order valence-electron chi connectivity index (χ4n) is 5.30. The van der Waals surface area contributed by atoms with Crippen molar-refractivity contribution in [2.75, 3.05) is 32.9 Å². The Morgan fingerprint density at radius 3 is 2.08 bits per heavy atom. The first-order valence-corrected chi connectivity index (χ1v) is 16.7. The molecule has 0 aromatic carbocycles. The van der Waals surface area contributed by atoms with Crippen LogP contribution in [-0.2, 0) is 52.6 Å². The maximum Gasteiger partial charge on any atom is 0.333 e. The molecule has 3 heterocycles. The Bertz CT molecular complexity index is 1190. The van der Waals surface area contributed by atoms with Crippen LogP contribution in [0, 0.1) is 0 Å². The zero-order valence-corrected chi connectivity index (χ0v) is 28.1. The summed E-state index contributed by atoms with van der Waals surface area (Å²) in [5.74, 6) is -4.18. The second-order valence-corrected chi connectivity index (χ2v) is 12.3. The van der Waals surface area contributed by atoms with Crippen LogP contribution in [0.5, 0.6) is 0 Å². The molecule has 3 aliphatic rings. The summed E-state index contributed by atoms with van der Waals surface area (Å²) in [6, 6.07) is -1.39. The summed E-state index contributed by atoms with van der Waals surface area (Å²) < 4.78 is 21.5. The number of aliphatic hydroxyl groups excluding tert-OH is 6. The molecule has 21 nitrogen and oxygen atoms in total. The summed E-state index contributed by atoms with van der Waals surface area (Å²) in [7, 11) is 0. The van der Waals surface area contributed by atoms with Crippen LogP contribution in [0.1, 0.15) is 58.3 Å². The molecule has 3 aliphatic heterocycles. The van der Waals surface area contributed by atoms with Gasteiger partial charge in [-0.3, -0.25) is 24.0 Å². The van der Waals surface area contributed by atoms with Crippen molar-refractivity contribution < 1.29 is 83.2 Å². The normalized spacial score (nSPS) is 30.1. The van der Waals surface area contributed by atoms with Gasteiger partial charge < -0.3 is 70.4 Å². The number of imide groups is 1. The number of hydroxylamine groups is 2. The maximum atomic E-state index is 13.0. The van der Waals surface area contributed by atoms with E-state index in [0.29, 0.717) is 5.06 Å². The molecule has 0 bridgehead atoms. The number of hydrogen-bond donors (Lipinski definition) is 9. The quantitative estimate of drug-likeness (QED) is 0.0443.